The lowest BCUT2D eigenvalue weighted by Gasteiger charge is -2.33. The highest BCUT2D eigenvalue weighted by Gasteiger charge is 2.20. The molecule has 0 aromatic carbocycles. The van der Waals surface area contributed by atoms with E-state index in [1.807, 2.05) is 24.8 Å². The highest BCUT2D eigenvalue weighted by molar-refractivity contribution is 6.10. The number of rotatable bonds is 1. The van der Waals surface area contributed by atoms with Crippen LogP contribution in [0.3, 0.4) is 0 Å². The van der Waals surface area contributed by atoms with E-state index in [9.17, 15) is 0 Å². The van der Waals surface area contributed by atoms with Gasteiger partial charge in [-0.25, -0.2) is 4.98 Å². The summed E-state index contributed by atoms with van der Waals surface area (Å²) < 4.78 is 0. The van der Waals surface area contributed by atoms with Crippen LogP contribution >= 0.6 is 0 Å². The Hall–Kier alpha value is -2.14. The minimum absolute atomic E-state index is 0.252. The zero-order valence-electron chi connectivity index (χ0n) is 11.2. The van der Waals surface area contributed by atoms with E-state index in [1.54, 1.807) is 0 Å². The van der Waals surface area contributed by atoms with Gasteiger partial charge in [0, 0.05) is 53.9 Å². The summed E-state index contributed by atoms with van der Waals surface area (Å²) in [6.07, 6.45) is 9.89. The predicted octanol–water partition coefficient (Wildman–Crippen LogP) is 2.04. The molecule has 4 rings (SSSR count). The Labute approximate surface area is 116 Å². The van der Waals surface area contributed by atoms with Crippen LogP contribution < -0.4 is 10.6 Å². The summed E-state index contributed by atoms with van der Waals surface area (Å²) in [5, 5.41) is 3.45. The summed E-state index contributed by atoms with van der Waals surface area (Å²) >= 11 is 0. The Bertz CT molecular complexity index is 763. The normalized spacial score (nSPS) is 19.9. The minimum atomic E-state index is 0.252. The van der Waals surface area contributed by atoms with Crippen LogP contribution in [-0.4, -0.2) is 34.1 Å². The Balaban J connectivity index is 1.96. The highest BCUT2D eigenvalue weighted by Crippen LogP contribution is 2.32. The average Bonchev–Trinajstić information content (AvgIpc) is 2.95. The summed E-state index contributed by atoms with van der Waals surface area (Å²) in [6.45, 7) is 1.94. The van der Waals surface area contributed by atoms with Gasteiger partial charge >= 0.3 is 0 Å². The number of hydrogen-bond donors (Lipinski definition) is 2. The first-order valence-electron chi connectivity index (χ1n) is 7.03. The van der Waals surface area contributed by atoms with Gasteiger partial charge in [0.15, 0.2) is 0 Å². The van der Waals surface area contributed by atoms with Gasteiger partial charge in [-0.2, -0.15) is 0 Å². The quantitative estimate of drug-likeness (QED) is 0.708. The van der Waals surface area contributed by atoms with Gasteiger partial charge in [-0.05, 0) is 18.9 Å². The van der Waals surface area contributed by atoms with E-state index in [0.29, 0.717) is 0 Å². The zero-order valence-corrected chi connectivity index (χ0v) is 11.2. The fourth-order valence-electron chi connectivity index (χ4n) is 3.13. The van der Waals surface area contributed by atoms with Crippen molar-refractivity contribution in [2.45, 2.75) is 18.9 Å². The SMILES string of the molecule is NC1CCCN(c2cncc3cnc4[nH]ccc4c23)C1. The lowest BCUT2D eigenvalue weighted by Crippen LogP contribution is -2.42. The number of anilines is 1. The van der Waals surface area contributed by atoms with Gasteiger partial charge in [0.05, 0.1) is 11.9 Å². The first-order valence-corrected chi connectivity index (χ1v) is 7.03. The number of pyridine rings is 2. The fraction of sp³-hybridized carbons (Fsp3) is 0.333. The van der Waals surface area contributed by atoms with E-state index in [1.165, 1.54) is 11.1 Å². The third kappa shape index (κ3) is 1.74. The largest absolute Gasteiger partial charge is 0.368 e. The van der Waals surface area contributed by atoms with E-state index in [-0.39, 0.29) is 6.04 Å². The molecular formula is C15H17N5. The Morgan fingerprint density at radius 3 is 3.15 bits per heavy atom. The molecule has 102 valence electrons. The number of nitrogens with one attached hydrogen (secondary N) is 1. The van der Waals surface area contributed by atoms with Crippen molar-refractivity contribution in [1.82, 2.24) is 15.0 Å². The third-order valence-electron chi connectivity index (χ3n) is 4.08. The molecule has 1 fully saturated rings. The number of nitrogens with two attached hydrogens (primary N) is 1. The van der Waals surface area contributed by atoms with Gasteiger partial charge in [-0.1, -0.05) is 0 Å². The molecule has 0 bridgehead atoms. The summed E-state index contributed by atoms with van der Waals surface area (Å²) in [6, 6.07) is 2.33. The molecule has 3 aromatic heterocycles. The van der Waals surface area contributed by atoms with Crippen molar-refractivity contribution >= 4 is 27.5 Å². The van der Waals surface area contributed by atoms with Crippen molar-refractivity contribution in [3.8, 4) is 0 Å². The number of aromatic amines is 1. The molecule has 3 N–H and O–H groups in total. The average molecular weight is 267 g/mol. The molecule has 5 nitrogen and oxygen atoms in total. The molecular weight excluding hydrogens is 250 g/mol. The number of nitrogens with zero attached hydrogens (tertiary/aromatic N) is 3. The van der Waals surface area contributed by atoms with Crippen molar-refractivity contribution in [3.05, 3.63) is 30.9 Å². The number of H-pyrrole nitrogens is 1. The second-order valence-corrected chi connectivity index (χ2v) is 5.47. The van der Waals surface area contributed by atoms with Crippen LogP contribution in [0.25, 0.3) is 21.8 Å². The number of hydrogen-bond acceptors (Lipinski definition) is 4. The molecule has 1 atom stereocenters. The molecule has 0 saturated carbocycles. The number of piperidine rings is 1. The van der Waals surface area contributed by atoms with E-state index in [0.717, 1.165) is 42.4 Å². The zero-order chi connectivity index (χ0) is 13.5. The molecule has 20 heavy (non-hydrogen) atoms. The van der Waals surface area contributed by atoms with Gasteiger partial charge in [0.1, 0.15) is 5.65 Å². The van der Waals surface area contributed by atoms with E-state index in [2.05, 4.69) is 25.9 Å². The maximum absolute atomic E-state index is 6.12. The predicted molar refractivity (Wildman–Crippen MR) is 80.8 cm³/mol. The Kier molecular flexibility index (Phi) is 2.60. The third-order valence-corrected chi connectivity index (χ3v) is 4.08. The van der Waals surface area contributed by atoms with Crippen molar-refractivity contribution in [3.63, 3.8) is 0 Å². The van der Waals surface area contributed by atoms with E-state index >= 15 is 0 Å². The number of fused-ring (bicyclic) bond motifs is 3. The molecule has 4 heterocycles. The fourth-order valence-corrected chi connectivity index (χ4v) is 3.13. The highest BCUT2D eigenvalue weighted by atomic mass is 15.2. The molecule has 1 aliphatic rings. The topological polar surface area (TPSA) is 70.8 Å². The first kappa shape index (κ1) is 11.7. The van der Waals surface area contributed by atoms with Crippen LogP contribution in [0.2, 0.25) is 0 Å². The molecule has 1 saturated heterocycles. The smallest absolute Gasteiger partial charge is 0.137 e. The maximum atomic E-state index is 6.12. The lowest BCUT2D eigenvalue weighted by atomic mass is 10.0. The van der Waals surface area contributed by atoms with Crippen LogP contribution in [0.4, 0.5) is 5.69 Å². The van der Waals surface area contributed by atoms with Crippen LogP contribution in [0, 0.1) is 0 Å². The van der Waals surface area contributed by atoms with Crippen LogP contribution in [-0.2, 0) is 0 Å². The lowest BCUT2D eigenvalue weighted by molar-refractivity contribution is 0.506. The van der Waals surface area contributed by atoms with Crippen molar-refractivity contribution in [2.24, 2.45) is 5.73 Å². The van der Waals surface area contributed by atoms with E-state index in [4.69, 9.17) is 5.73 Å². The maximum Gasteiger partial charge on any atom is 0.137 e. The van der Waals surface area contributed by atoms with Crippen molar-refractivity contribution in [1.29, 1.82) is 0 Å². The van der Waals surface area contributed by atoms with Crippen LogP contribution in [0.5, 0.6) is 0 Å². The summed E-state index contributed by atoms with van der Waals surface area (Å²) in [7, 11) is 0. The molecule has 5 heteroatoms. The second-order valence-electron chi connectivity index (χ2n) is 5.47. The Morgan fingerprint density at radius 1 is 1.30 bits per heavy atom. The van der Waals surface area contributed by atoms with E-state index < -0.39 is 0 Å². The Morgan fingerprint density at radius 2 is 2.25 bits per heavy atom. The molecule has 1 unspecified atom stereocenters. The van der Waals surface area contributed by atoms with Gasteiger partial charge in [0.2, 0.25) is 0 Å². The van der Waals surface area contributed by atoms with Gasteiger partial charge in [0.25, 0.3) is 0 Å². The van der Waals surface area contributed by atoms with Gasteiger partial charge in [-0.15, -0.1) is 0 Å². The standard InChI is InChI=1S/C15H17N5/c16-11-2-1-5-20(9-11)13-8-17-6-10-7-19-15-12(14(10)13)3-4-18-15/h3-4,6-8,11H,1-2,5,9,16H2,(H,18,19). The minimum Gasteiger partial charge on any atom is -0.368 e. The number of aromatic nitrogens is 3. The monoisotopic (exact) mass is 267 g/mol. The molecule has 0 spiro atoms. The second kappa shape index (κ2) is 4.45. The molecule has 0 radical (unpaired) electrons. The summed E-state index contributed by atoms with van der Waals surface area (Å²) in [4.78, 5) is 14.3. The van der Waals surface area contributed by atoms with Gasteiger partial charge < -0.3 is 15.6 Å². The van der Waals surface area contributed by atoms with Crippen LogP contribution in [0.1, 0.15) is 12.8 Å². The first-order chi connectivity index (χ1) is 9.83. The molecule has 3 aromatic rings. The molecule has 1 aliphatic heterocycles. The summed E-state index contributed by atoms with van der Waals surface area (Å²) in [5.74, 6) is 0. The van der Waals surface area contributed by atoms with Crippen molar-refractivity contribution in [2.75, 3.05) is 18.0 Å². The van der Waals surface area contributed by atoms with Crippen molar-refractivity contribution < 1.29 is 0 Å². The molecule has 0 amide bonds. The summed E-state index contributed by atoms with van der Waals surface area (Å²) in [5.41, 5.74) is 8.21. The van der Waals surface area contributed by atoms with Gasteiger partial charge in [-0.3, -0.25) is 4.98 Å². The molecule has 0 aliphatic carbocycles. The van der Waals surface area contributed by atoms with Crippen LogP contribution in [0.15, 0.2) is 30.9 Å².